The van der Waals surface area contributed by atoms with Crippen molar-refractivity contribution in [3.63, 3.8) is 0 Å². The summed E-state index contributed by atoms with van der Waals surface area (Å²) in [6, 6.07) is 15.7. The van der Waals surface area contributed by atoms with Crippen LogP contribution in [0.3, 0.4) is 0 Å². The first-order chi connectivity index (χ1) is 13.8. The molecule has 2 rings (SSSR count). The first-order valence-electron chi connectivity index (χ1n) is 9.65. The fourth-order valence-electron chi connectivity index (χ4n) is 2.99. The van der Waals surface area contributed by atoms with Gasteiger partial charge < -0.3 is 20.4 Å². The Kier molecular flexibility index (Phi) is 8.49. The monoisotopic (exact) mass is 417 g/mol. The summed E-state index contributed by atoms with van der Waals surface area (Å²) >= 11 is 5.86. The fourth-order valence-corrected chi connectivity index (χ4v) is 3.11. The molecule has 0 aliphatic heterocycles. The molecule has 3 N–H and O–H groups in total. The number of quaternary nitrogens is 1. The number of hydrogen-bond donors (Lipinski definition) is 3. The van der Waals surface area contributed by atoms with Crippen molar-refractivity contribution in [3.8, 4) is 0 Å². The van der Waals surface area contributed by atoms with Crippen molar-refractivity contribution < 1.29 is 14.5 Å². The Hall–Kier alpha value is -2.57. The van der Waals surface area contributed by atoms with Gasteiger partial charge in [0.05, 0.1) is 20.6 Å². The average molecular weight is 418 g/mol. The topological polar surface area (TPSA) is 65.9 Å². The average Bonchev–Trinajstić information content (AvgIpc) is 2.69. The minimum Gasteiger partial charge on any atom is -0.378 e. The van der Waals surface area contributed by atoms with E-state index >= 15 is 0 Å². The van der Waals surface area contributed by atoms with E-state index in [9.17, 15) is 9.59 Å². The minimum atomic E-state index is -0.616. The molecule has 0 saturated carbocycles. The van der Waals surface area contributed by atoms with E-state index in [0.29, 0.717) is 24.5 Å². The lowest BCUT2D eigenvalue weighted by molar-refractivity contribution is -0.890. The third-order valence-electron chi connectivity index (χ3n) is 4.79. The molecule has 0 aliphatic rings. The molecule has 2 amide bonds. The van der Waals surface area contributed by atoms with Crippen molar-refractivity contribution in [2.24, 2.45) is 0 Å². The van der Waals surface area contributed by atoms with Gasteiger partial charge in [-0.2, -0.15) is 0 Å². The number of benzene rings is 2. The van der Waals surface area contributed by atoms with Crippen LogP contribution in [0.2, 0.25) is 5.02 Å². The van der Waals surface area contributed by atoms with E-state index in [4.69, 9.17) is 11.6 Å². The molecule has 0 heterocycles. The number of nitrogens with one attached hydrogen (secondary N) is 3. The van der Waals surface area contributed by atoms with E-state index < -0.39 is 11.8 Å². The highest BCUT2D eigenvalue weighted by Crippen LogP contribution is 2.16. The molecular weight excluding hydrogens is 388 g/mol. The number of halogens is 1. The number of carbonyl (C=O) groups excluding carboxylic acids is 2. The highest BCUT2D eigenvalue weighted by atomic mass is 35.5. The lowest BCUT2D eigenvalue weighted by Crippen LogP contribution is -3.07. The number of carbonyl (C=O) groups is 2. The molecule has 156 valence electrons. The summed E-state index contributed by atoms with van der Waals surface area (Å²) in [5.41, 5.74) is 3.27. The molecule has 6 nitrogen and oxygen atoms in total. The highest BCUT2D eigenvalue weighted by Gasteiger charge is 2.21. The second kappa shape index (κ2) is 10.8. The lowest BCUT2D eigenvalue weighted by atomic mass is 10.1. The molecule has 0 saturated heterocycles. The highest BCUT2D eigenvalue weighted by molar-refractivity contribution is 6.35. The van der Waals surface area contributed by atoms with E-state index in [1.807, 2.05) is 45.2 Å². The van der Waals surface area contributed by atoms with Crippen molar-refractivity contribution in [2.75, 3.05) is 46.2 Å². The summed E-state index contributed by atoms with van der Waals surface area (Å²) in [5, 5.41) is 6.09. The van der Waals surface area contributed by atoms with E-state index in [2.05, 4.69) is 34.9 Å². The van der Waals surface area contributed by atoms with Crippen molar-refractivity contribution in [1.29, 1.82) is 0 Å². The summed E-state index contributed by atoms with van der Waals surface area (Å²) in [6.07, 6.45) is 0.638. The van der Waals surface area contributed by atoms with Crippen LogP contribution in [0.25, 0.3) is 0 Å². The summed E-state index contributed by atoms with van der Waals surface area (Å²) in [6.45, 7) is 0.773. The van der Waals surface area contributed by atoms with Crippen LogP contribution < -0.4 is 20.4 Å². The molecule has 29 heavy (non-hydrogen) atoms. The van der Waals surface area contributed by atoms with Crippen molar-refractivity contribution in [2.45, 2.75) is 12.5 Å². The van der Waals surface area contributed by atoms with Gasteiger partial charge in [-0.25, -0.2) is 0 Å². The van der Waals surface area contributed by atoms with E-state index in [1.54, 1.807) is 12.1 Å². The summed E-state index contributed by atoms with van der Waals surface area (Å²) in [4.78, 5) is 27.5. The molecule has 1 atom stereocenters. The zero-order chi connectivity index (χ0) is 21.4. The second-order valence-electron chi connectivity index (χ2n) is 7.46. The Labute approximate surface area is 177 Å². The number of amides is 2. The maximum Gasteiger partial charge on any atom is 0.309 e. The molecule has 2 aromatic rings. The molecule has 0 bridgehead atoms. The Bertz CT molecular complexity index is 805. The van der Waals surface area contributed by atoms with Crippen LogP contribution in [-0.2, 0) is 16.0 Å². The zero-order valence-electron chi connectivity index (χ0n) is 17.5. The first kappa shape index (κ1) is 22.7. The predicted molar refractivity (Wildman–Crippen MR) is 117 cm³/mol. The smallest absolute Gasteiger partial charge is 0.309 e. The Morgan fingerprint density at radius 1 is 0.966 bits per heavy atom. The van der Waals surface area contributed by atoms with Gasteiger partial charge in [-0.15, -0.1) is 0 Å². The number of hydrogen-bond acceptors (Lipinski definition) is 3. The van der Waals surface area contributed by atoms with E-state index in [1.165, 1.54) is 4.90 Å². The largest absolute Gasteiger partial charge is 0.378 e. The minimum absolute atomic E-state index is 0.0528. The van der Waals surface area contributed by atoms with Crippen LogP contribution in [0.5, 0.6) is 0 Å². The van der Waals surface area contributed by atoms with Gasteiger partial charge in [0.1, 0.15) is 6.04 Å². The molecule has 0 aliphatic carbocycles. The van der Waals surface area contributed by atoms with Crippen LogP contribution in [0, 0.1) is 0 Å². The van der Waals surface area contributed by atoms with Gasteiger partial charge in [0.25, 0.3) is 0 Å². The maximum absolute atomic E-state index is 12.2. The predicted octanol–water partition coefficient (Wildman–Crippen LogP) is 1.07. The van der Waals surface area contributed by atoms with E-state index in [0.717, 1.165) is 16.8 Å². The molecule has 7 heteroatoms. The lowest BCUT2D eigenvalue weighted by Gasteiger charge is -2.23. The van der Waals surface area contributed by atoms with E-state index in [-0.39, 0.29) is 6.04 Å². The van der Waals surface area contributed by atoms with Gasteiger partial charge in [-0.05, 0) is 36.2 Å². The molecular formula is C22H30ClN4O2+. The quantitative estimate of drug-likeness (QED) is 0.563. The van der Waals surface area contributed by atoms with Crippen LogP contribution in [-0.4, -0.2) is 53.1 Å². The number of rotatable bonds is 8. The van der Waals surface area contributed by atoms with Crippen LogP contribution in [0.4, 0.5) is 5.69 Å². The van der Waals surface area contributed by atoms with Gasteiger partial charge >= 0.3 is 11.8 Å². The third kappa shape index (κ3) is 7.07. The maximum atomic E-state index is 12.2. The van der Waals surface area contributed by atoms with Crippen molar-refractivity contribution in [1.82, 2.24) is 10.6 Å². The van der Waals surface area contributed by atoms with Gasteiger partial charge in [0.15, 0.2) is 0 Å². The molecule has 0 fully saturated rings. The van der Waals surface area contributed by atoms with Crippen LogP contribution in [0.1, 0.15) is 17.2 Å². The van der Waals surface area contributed by atoms with Gasteiger partial charge in [0.2, 0.25) is 0 Å². The summed E-state index contributed by atoms with van der Waals surface area (Å²) in [7, 11) is 8.05. The van der Waals surface area contributed by atoms with Crippen LogP contribution >= 0.6 is 11.6 Å². The first-order valence-corrected chi connectivity index (χ1v) is 10.0. The number of nitrogens with zero attached hydrogens (tertiary/aromatic N) is 1. The van der Waals surface area contributed by atoms with Gasteiger partial charge in [0, 0.05) is 36.9 Å². The molecule has 0 radical (unpaired) electrons. The van der Waals surface area contributed by atoms with Crippen LogP contribution in [0.15, 0.2) is 48.5 Å². The Morgan fingerprint density at radius 2 is 1.55 bits per heavy atom. The SMILES string of the molecule is CN(C)c1ccc([C@@H](CNC(=O)C(=O)NCCc2ccc(Cl)cc2)[NH+](C)C)cc1. The molecule has 2 aromatic carbocycles. The van der Waals surface area contributed by atoms with Crippen molar-refractivity contribution in [3.05, 3.63) is 64.7 Å². The molecule has 0 unspecified atom stereocenters. The molecule has 0 spiro atoms. The number of likely N-dealkylation sites (N-methyl/N-ethyl adjacent to an activating group) is 1. The molecule has 0 aromatic heterocycles. The summed E-state index contributed by atoms with van der Waals surface area (Å²) < 4.78 is 0. The fraction of sp³-hybridized carbons (Fsp3) is 0.364. The normalized spacial score (nSPS) is 11.8. The Morgan fingerprint density at radius 3 is 2.10 bits per heavy atom. The van der Waals surface area contributed by atoms with Crippen molar-refractivity contribution >= 4 is 29.1 Å². The summed E-state index contributed by atoms with van der Waals surface area (Å²) in [5.74, 6) is -1.23. The third-order valence-corrected chi connectivity index (χ3v) is 5.05. The number of anilines is 1. The van der Waals surface area contributed by atoms with Gasteiger partial charge in [-0.1, -0.05) is 35.9 Å². The van der Waals surface area contributed by atoms with Gasteiger partial charge in [-0.3, -0.25) is 9.59 Å². The zero-order valence-corrected chi connectivity index (χ0v) is 18.2. The second-order valence-corrected chi connectivity index (χ2v) is 7.89. The Balaban J connectivity index is 1.84. The standard InChI is InChI=1S/C22H29ClN4O2/c1-26(2)19-11-7-17(8-12-19)20(27(3)4)15-25-22(29)21(28)24-14-13-16-5-9-18(23)10-6-16/h5-12,20H,13-15H2,1-4H3,(H,24,28)(H,25,29)/p+1/t20-/m1/s1.